The Hall–Kier alpha value is -3.72. The molecule has 0 atom stereocenters. The summed E-state index contributed by atoms with van der Waals surface area (Å²) in [6.45, 7) is 1.28. The van der Waals surface area contributed by atoms with E-state index in [1.54, 1.807) is 30.8 Å². The van der Waals surface area contributed by atoms with E-state index in [0.717, 1.165) is 15.2 Å². The first kappa shape index (κ1) is 21.5. The number of nitrogens with one attached hydrogen (secondary N) is 1. The Morgan fingerprint density at radius 2 is 1.81 bits per heavy atom. The lowest BCUT2D eigenvalue weighted by atomic mass is 10.3. The largest absolute Gasteiger partial charge is 0.456 e. The highest BCUT2D eigenvalue weighted by Gasteiger charge is 2.19. The second-order valence-electron chi connectivity index (χ2n) is 7.22. The second-order valence-corrected chi connectivity index (χ2v) is 8.34. The maximum absolute atomic E-state index is 12.8. The van der Waals surface area contributed by atoms with Crippen LogP contribution in [0.3, 0.4) is 0 Å². The number of thiazole rings is 1. The van der Waals surface area contributed by atoms with Crippen LogP contribution >= 0.6 is 11.3 Å². The number of fused-ring (bicyclic) bond motifs is 1. The number of ether oxygens (including phenoxy) is 1. The molecular formula is C23H22N4O4S. The summed E-state index contributed by atoms with van der Waals surface area (Å²) in [6, 6.07) is 16.9. The molecule has 32 heavy (non-hydrogen) atoms. The van der Waals surface area contributed by atoms with Gasteiger partial charge in [0, 0.05) is 13.5 Å². The maximum Gasteiger partial charge on any atom is 0.306 e. The molecule has 0 unspecified atom stereocenters. The molecule has 164 valence electrons. The first-order valence-electron chi connectivity index (χ1n) is 10.1. The Kier molecular flexibility index (Phi) is 6.18. The zero-order chi connectivity index (χ0) is 22.7. The normalized spacial score (nSPS) is 10.9. The van der Waals surface area contributed by atoms with Crippen molar-refractivity contribution in [2.75, 3.05) is 11.9 Å². The molecule has 2 aromatic carbocycles. The first-order chi connectivity index (χ1) is 15.4. The summed E-state index contributed by atoms with van der Waals surface area (Å²) < 4.78 is 9.28. The topological polar surface area (TPSA) is 95.2 Å². The van der Waals surface area contributed by atoms with Gasteiger partial charge in [-0.2, -0.15) is 0 Å². The van der Waals surface area contributed by atoms with Gasteiger partial charge in [0.15, 0.2) is 6.61 Å². The number of aromatic nitrogens is 3. The van der Waals surface area contributed by atoms with Crippen LogP contribution in [-0.4, -0.2) is 32.8 Å². The fraction of sp³-hybridized carbons (Fsp3) is 0.217. The summed E-state index contributed by atoms with van der Waals surface area (Å²) in [5.41, 5.74) is 1.98. The van der Waals surface area contributed by atoms with Gasteiger partial charge in [-0.1, -0.05) is 30.3 Å². The Morgan fingerprint density at radius 1 is 1.09 bits per heavy atom. The molecule has 0 radical (unpaired) electrons. The van der Waals surface area contributed by atoms with Crippen molar-refractivity contribution in [2.45, 2.75) is 19.8 Å². The molecule has 0 aliphatic carbocycles. The number of hydrogen-bond acceptors (Lipinski definition) is 6. The van der Waals surface area contributed by atoms with Gasteiger partial charge in [0.05, 0.1) is 33.0 Å². The molecule has 0 saturated heterocycles. The van der Waals surface area contributed by atoms with Crippen molar-refractivity contribution in [2.24, 2.45) is 7.05 Å². The summed E-state index contributed by atoms with van der Waals surface area (Å²) in [5.74, 6) is -1.06. The van der Waals surface area contributed by atoms with E-state index in [-0.39, 0.29) is 17.7 Å². The molecule has 0 spiro atoms. The number of carbonyl (C=O) groups is 2. The van der Waals surface area contributed by atoms with Crippen molar-refractivity contribution >= 4 is 39.1 Å². The van der Waals surface area contributed by atoms with Crippen LogP contribution in [0.25, 0.3) is 15.9 Å². The third-order valence-corrected chi connectivity index (χ3v) is 6.16. The summed E-state index contributed by atoms with van der Waals surface area (Å²) >= 11 is 1.53. The van der Waals surface area contributed by atoms with Crippen molar-refractivity contribution in [1.29, 1.82) is 0 Å². The molecule has 0 aliphatic heterocycles. The molecule has 1 N–H and O–H groups in total. The van der Waals surface area contributed by atoms with E-state index in [2.05, 4.69) is 10.3 Å². The molecular weight excluding hydrogens is 428 g/mol. The number of hydrogen-bond donors (Lipinski definition) is 1. The summed E-state index contributed by atoms with van der Waals surface area (Å²) in [5, 5.41) is 3.42. The van der Waals surface area contributed by atoms with Gasteiger partial charge in [0.1, 0.15) is 5.69 Å². The van der Waals surface area contributed by atoms with Gasteiger partial charge in [-0.3, -0.25) is 19.1 Å². The van der Waals surface area contributed by atoms with Crippen LogP contribution in [0, 0.1) is 6.92 Å². The number of carbonyl (C=O) groups excluding carboxylic acids is 2. The van der Waals surface area contributed by atoms with E-state index in [1.165, 1.54) is 16.0 Å². The highest BCUT2D eigenvalue weighted by molar-refractivity contribution is 7.18. The summed E-state index contributed by atoms with van der Waals surface area (Å²) in [4.78, 5) is 41.7. The Bertz CT molecular complexity index is 1300. The highest BCUT2D eigenvalue weighted by Crippen LogP contribution is 2.22. The van der Waals surface area contributed by atoms with Crippen molar-refractivity contribution in [3.63, 3.8) is 0 Å². The quantitative estimate of drug-likeness (QED) is 0.436. The van der Waals surface area contributed by atoms with Crippen LogP contribution in [0.4, 0.5) is 5.69 Å². The van der Waals surface area contributed by atoms with Gasteiger partial charge in [-0.15, -0.1) is 11.3 Å². The minimum Gasteiger partial charge on any atom is -0.456 e. The molecule has 0 aliphatic rings. The lowest BCUT2D eigenvalue weighted by molar-refractivity contribution is -0.147. The van der Waals surface area contributed by atoms with Gasteiger partial charge >= 0.3 is 5.97 Å². The molecule has 4 aromatic rings. The number of para-hydroxylation sites is 2. The number of amides is 1. The smallest absolute Gasteiger partial charge is 0.306 e. The number of rotatable bonds is 7. The summed E-state index contributed by atoms with van der Waals surface area (Å²) in [7, 11) is 1.74. The monoisotopic (exact) mass is 450 g/mol. The number of esters is 1. The number of nitrogens with zero attached hydrogens (tertiary/aromatic N) is 3. The third kappa shape index (κ3) is 4.47. The van der Waals surface area contributed by atoms with E-state index in [0.29, 0.717) is 17.8 Å². The van der Waals surface area contributed by atoms with Crippen molar-refractivity contribution in [3.05, 3.63) is 75.7 Å². The van der Waals surface area contributed by atoms with Crippen LogP contribution in [0.15, 0.2) is 59.4 Å². The molecule has 4 rings (SSSR count). The molecule has 0 saturated carbocycles. The predicted octanol–water partition coefficient (Wildman–Crippen LogP) is 3.21. The SMILES string of the molecule is Cc1c(NC(=O)COC(=O)CCc2nc3ccccc3s2)c(=O)n(-c2ccccc2)n1C. The summed E-state index contributed by atoms with van der Waals surface area (Å²) in [6.07, 6.45) is 0.567. The minimum atomic E-state index is -0.565. The van der Waals surface area contributed by atoms with Crippen molar-refractivity contribution < 1.29 is 14.3 Å². The number of aryl methyl sites for hydroxylation is 1. The zero-order valence-corrected chi connectivity index (χ0v) is 18.5. The van der Waals surface area contributed by atoms with E-state index in [1.807, 2.05) is 42.5 Å². The van der Waals surface area contributed by atoms with Gasteiger partial charge in [-0.05, 0) is 31.2 Å². The molecule has 9 heteroatoms. The third-order valence-electron chi connectivity index (χ3n) is 5.06. The Morgan fingerprint density at radius 3 is 2.56 bits per heavy atom. The van der Waals surface area contributed by atoms with Crippen LogP contribution in [0.1, 0.15) is 17.1 Å². The van der Waals surface area contributed by atoms with Crippen LogP contribution in [-0.2, 0) is 27.8 Å². The second kappa shape index (κ2) is 9.19. The first-order valence-corrected chi connectivity index (χ1v) is 10.9. The Labute approximate surface area is 188 Å². The van der Waals surface area contributed by atoms with Gasteiger partial charge < -0.3 is 10.1 Å². The number of anilines is 1. The van der Waals surface area contributed by atoms with E-state index >= 15 is 0 Å². The minimum absolute atomic E-state index is 0.123. The fourth-order valence-electron chi connectivity index (χ4n) is 3.34. The van der Waals surface area contributed by atoms with E-state index in [9.17, 15) is 14.4 Å². The fourth-order valence-corrected chi connectivity index (χ4v) is 4.31. The van der Waals surface area contributed by atoms with Crippen LogP contribution < -0.4 is 10.9 Å². The van der Waals surface area contributed by atoms with Crippen molar-refractivity contribution in [3.8, 4) is 5.69 Å². The van der Waals surface area contributed by atoms with E-state index in [4.69, 9.17) is 4.74 Å². The van der Waals surface area contributed by atoms with Gasteiger partial charge in [0.25, 0.3) is 11.5 Å². The Balaban J connectivity index is 1.34. The molecule has 8 nitrogen and oxygen atoms in total. The molecule has 0 bridgehead atoms. The molecule has 2 heterocycles. The van der Waals surface area contributed by atoms with Crippen LogP contribution in [0.5, 0.6) is 0 Å². The number of benzene rings is 2. The van der Waals surface area contributed by atoms with Gasteiger partial charge in [0.2, 0.25) is 0 Å². The average Bonchev–Trinajstić information content (AvgIpc) is 3.31. The van der Waals surface area contributed by atoms with Crippen LogP contribution in [0.2, 0.25) is 0 Å². The molecule has 2 aromatic heterocycles. The molecule has 1 amide bonds. The maximum atomic E-state index is 12.8. The zero-order valence-electron chi connectivity index (χ0n) is 17.7. The predicted molar refractivity (Wildman–Crippen MR) is 123 cm³/mol. The van der Waals surface area contributed by atoms with E-state index < -0.39 is 18.5 Å². The molecule has 0 fully saturated rings. The highest BCUT2D eigenvalue weighted by atomic mass is 32.1. The lowest BCUT2D eigenvalue weighted by Crippen LogP contribution is -2.25. The van der Waals surface area contributed by atoms with Gasteiger partial charge in [-0.25, -0.2) is 9.67 Å². The standard InChI is InChI=1S/C23H22N4O4S/c1-15-22(23(30)27(26(15)2)16-8-4-3-5-9-16)25-19(28)14-31-21(29)13-12-20-24-17-10-6-7-11-18(17)32-20/h3-11H,12-14H2,1-2H3,(H,25,28). The van der Waals surface area contributed by atoms with Crippen molar-refractivity contribution in [1.82, 2.24) is 14.3 Å². The lowest BCUT2D eigenvalue weighted by Gasteiger charge is -2.07. The average molecular weight is 451 g/mol.